The Balaban J connectivity index is 1.67. The van der Waals surface area contributed by atoms with Gasteiger partial charge in [-0.2, -0.15) is 0 Å². The molecule has 1 N–H and O–H groups in total. The summed E-state index contributed by atoms with van der Waals surface area (Å²) in [6, 6.07) is 9.58. The number of pyridine rings is 2. The third-order valence-electron chi connectivity index (χ3n) is 7.00. The summed E-state index contributed by atoms with van der Waals surface area (Å²) in [6.45, 7) is 8.27. The van der Waals surface area contributed by atoms with Gasteiger partial charge in [0.05, 0.1) is 24.9 Å². The van der Waals surface area contributed by atoms with E-state index in [1.165, 1.54) is 13.3 Å². The van der Waals surface area contributed by atoms with Gasteiger partial charge in [0.2, 0.25) is 5.88 Å². The van der Waals surface area contributed by atoms with Crippen LogP contribution in [0.15, 0.2) is 42.7 Å². The Morgan fingerprint density at radius 3 is 2.68 bits per heavy atom. The molecule has 4 rings (SSSR count). The van der Waals surface area contributed by atoms with E-state index in [9.17, 15) is 14.3 Å². The largest absolute Gasteiger partial charge is 0.484 e. The molecule has 1 aromatic carbocycles. The first kappa shape index (κ1) is 26.5. The molecule has 7 nitrogen and oxygen atoms in total. The highest BCUT2D eigenvalue weighted by molar-refractivity contribution is 5.70. The molecule has 2 aromatic heterocycles. The third kappa shape index (κ3) is 6.07. The lowest BCUT2D eigenvalue weighted by Gasteiger charge is -2.27. The molecule has 2 unspecified atom stereocenters. The second kappa shape index (κ2) is 11.7. The molecule has 0 spiro atoms. The van der Waals surface area contributed by atoms with Crippen LogP contribution in [0.2, 0.25) is 0 Å². The van der Waals surface area contributed by atoms with E-state index in [1.54, 1.807) is 19.2 Å². The van der Waals surface area contributed by atoms with Crippen molar-refractivity contribution in [3.8, 4) is 22.8 Å². The van der Waals surface area contributed by atoms with E-state index in [0.29, 0.717) is 30.0 Å². The van der Waals surface area contributed by atoms with Crippen molar-refractivity contribution < 1.29 is 23.8 Å². The molecule has 0 amide bonds. The molecular weight excluding hydrogens is 473 g/mol. The minimum absolute atomic E-state index is 0.249. The zero-order valence-electron chi connectivity index (χ0n) is 21.8. The predicted molar refractivity (Wildman–Crippen MR) is 139 cm³/mol. The molecule has 37 heavy (non-hydrogen) atoms. The first-order chi connectivity index (χ1) is 17.8. The Hall–Kier alpha value is -3.52. The van der Waals surface area contributed by atoms with Gasteiger partial charge in [-0.3, -0.25) is 14.7 Å². The van der Waals surface area contributed by atoms with E-state index in [1.807, 2.05) is 24.3 Å². The molecule has 0 saturated heterocycles. The first-order valence-electron chi connectivity index (χ1n) is 12.7. The van der Waals surface area contributed by atoms with E-state index < -0.39 is 17.7 Å². The van der Waals surface area contributed by atoms with Gasteiger partial charge in [-0.25, -0.2) is 9.37 Å². The van der Waals surface area contributed by atoms with Gasteiger partial charge in [-0.15, -0.1) is 0 Å². The van der Waals surface area contributed by atoms with Crippen molar-refractivity contribution in [1.82, 2.24) is 14.9 Å². The predicted octanol–water partition coefficient (Wildman–Crippen LogP) is 5.46. The highest BCUT2D eigenvalue weighted by atomic mass is 19.1. The SMILES string of the molecule is CCN(CC)Cc1cc(C2CCc3ccc(CC(C)C(=O)O)cc3O2)ncc1-c1cc(OC)ncc1F. The Morgan fingerprint density at radius 1 is 1.19 bits per heavy atom. The van der Waals surface area contributed by atoms with Crippen molar-refractivity contribution in [2.24, 2.45) is 5.92 Å². The van der Waals surface area contributed by atoms with Crippen LogP contribution in [0.25, 0.3) is 11.1 Å². The molecule has 3 heterocycles. The van der Waals surface area contributed by atoms with Crippen LogP contribution in [0.3, 0.4) is 0 Å². The van der Waals surface area contributed by atoms with E-state index in [-0.39, 0.29) is 6.10 Å². The van der Waals surface area contributed by atoms with Crippen LogP contribution in [0.5, 0.6) is 11.6 Å². The topological polar surface area (TPSA) is 84.8 Å². The highest BCUT2D eigenvalue weighted by Crippen LogP contribution is 2.37. The highest BCUT2D eigenvalue weighted by Gasteiger charge is 2.25. The summed E-state index contributed by atoms with van der Waals surface area (Å²) in [4.78, 5) is 22.2. The molecule has 1 aliphatic heterocycles. The zero-order chi connectivity index (χ0) is 26.5. The maximum atomic E-state index is 14.9. The van der Waals surface area contributed by atoms with Gasteiger partial charge in [0, 0.05) is 29.9 Å². The van der Waals surface area contributed by atoms with Crippen molar-refractivity contribution >= 4 is 5.97 Å². The van der Waals surface area contributed by atoms with Crippen LogP contribution in [0.4, 0.5) is 4.39 Å². The van der Waals surface area contributed by atoms with Gasteiger partial charge in [0.1, 0.15) is 17.7 Å². The lowest BCUT2D eigenvalue weighted by Crippen LogP contribution is -2.23. The smallest absolute Gasteiger partial charge is 0.306 e. The van der Waals surface area contributed by atoms with Crippen LogP contribution in [0, 0.1) is 11.7 Å². The van der Waals surface area contributed by atoms with E-state index in [4.69, 9.17) is 14.5 Å². The average molecular weight is 508 g/mol. The number of carboxylic acid groups (broad SMARTS) is 1. The number of nitrogens with zero attached hydrogens (tertiary/aromatic N) is 3. The number of aryl methyl sites for hydroxylation is 1. The Morgan fingerprint density at radius 2 is 1.97 bits per heavy atom. The van der Waals surface area contributed by atoms with Gasteiger partial charge in [-0.1, -0.05) is 32.9 Å². The average Bonchev–Trinajstić information content (AvgIpc) is 2.91. The molecule has 8 heteroatoms. The first-order valence-corrected chi connectivity index (χ1v) is 12.7. The normalized spacial score (nSPS) is 15.7. The van der Waals surface area contributed by atoms with Gasteiger partial charge < -0.3 is 14.6 Å². The molecule has 0 saturated carbocycles. The Bertz CT molecular complexity index is 1260. The molecule has 3 aromatic rings. The zero-order valence-corrected chi connectivity index (χ0v) is 21.8. The number of aromatic nitrogens is 2. The summed E-state index contributed by atoms with van der Waals surface area (Å²) in [6.07, 6.45) is 4.69. The number of hydrogen-bond acceptors (Lipinski definition) is 6. The fourth-order valence-electron chi connectivity index (χ4n) is 4.68. The summed E-state index contributed by atoms with van der Waals surface area (Å²) in [5.41, 5.74) is 4.90. The number of carbonyl (C=O) groups is 1. The van der Waals surface area contributed by atoms with Gasteiger partial charge in [0.25, 0.3) is 0 Å². The third-order valence-corrected chi connectivity index (χ3v) is 7.00. The lowest BCUT2D eigenvalue weighted by molar-refractivity contribution is -0.141. The summed E-state index contributed by atoms with van der Waals surface area (Å²) in [7, 11) is 1.51. The maximum absolute atomic E-state index is 14.9. The summed E-state index contributed by atoms with van der Waals surface area (Å²) >= 11 is 0. The molecule has 0 bridgehead atoms. The van der Waals surface area contributed by atoms with Crippen LogP contribution in [0.1, 0.15) is 55.7 Å². The molecular formula is C29H34FN3O4. The second-order valence-electron chi connectivity index (χ2n) is 9.46. The monoisotopic (exact) mass is 507 g/mol. The maximum Gasteiger partial charge on any atom is 0.306 e. The number of ether oxygens (including phenoxy) is 2. The van der Waals surface area contributed by atoms with Crippen LogP contribution >= 0.6 is 0 Å². The van der Waals surface area contributed by atoms with Crippen molar-refractivity contribution in [1.29, 1.82) is 0 Å². The molecule has 0 aliphatic carbocycles. The number of benzene rings is 1. The molecule has 0 fully saturated rings. The van der Waals surface area contributed by atoms with E-state index in [0.717, 1.165) is 54.1 Å². The summed E-state index contributed by atoms with van der Waals surface area (Å²) < 4.78 is 26.5. The summed E-state index contributed by atoms with van der Waals surface area (Å²) in [5.74, 6) is -0.602. The van der Waals surface area contributed by atoms with Crippen LogP contribution in [-0.4, -0.2) is 46.1 Å². The number of methoxy groups -OCH3 is 1. The standard InChI is InChI=1S/C29H34FN3O4/c1-5-33(6-2)17-21-13-25(31-15-23(21)22-14-28(36-4)32-16-24(22)30)26-10-9-20-8-7-19(12-27(20)37-26)11-18(3)29(34)35/h7-8,12-16,18,26H,5-6,9-11,17H2,1-4H3,(H,34,35). The number of hydrogen-bond donors (Lipinski definition) is 1. The summed E-state index contributed by atoms with van der Waals surface area (Å²) in [5, 5.41) is 9.27. The van der Waals surface area contributed by atoms with Gasteiger partial charge in [-0.05, 0) is 61.2 Å². The van der Waals surface area contributed by atoms with E-state index >= 15 is 0 Å². The van der Waals surface area contributed by atoms with Crippen molar-refractivity contribution in [2.45, 2.75) is 52.7 Å². The number of carboxylic acids is 1. The Labute approximate surface area is 217 Å². The van der Waals surface area contributed by atoms with Crippen molar-refractivity contribution in [2.75, 3.05) is 20.2 Å². The fourth-order valence-corrected chi connectivity index (χ4v) is 4.68. The minimum atomic E-state index is -0.815. The van der Waals surface area contributed by atoms with Crippen LogP contribution < -0.4 is 9.47 Å². The van der Waals surface area contributed by atoms with E-state index in [2.05, 4.69) is 23.7 Å². The number of rotatable bonds is 10. The van der Waals surface area contributed by atoms with Gasteiger partial charge >= 0.3 is 5.97 Å². The number of fused-ring (bicyclic) bond motifs is 1. The Kier molecular flexibility index (Phi) is 8.38. The fraction of sp³-hybridized carbons (Fsp3) is 0.414. The quantitative estimate of drug-likeness (QED) is 0.390. The number of halogens is 1. The minimum Gasteiger partial charge on any atom is -0.484 e. The van der Waals surface area contributed by atoms with Crippen LogP contribution in [-0.2, 0) is 24.2 Å². The lowest BCUT2D eigenvalue weighted by atomic mass is 9.94. The molecule has 196 valence electrons. The second-order valence-corrected chi connectivity index (χ2v) is 9.46. The van der Waals surface area contributed by atoms with Gasteiger partial charge in [0.15, 0.2) is 0 Å². The number of aliphatic carboxylic acids is 1. The molecule has 2 atom stereocenters. The van der Waals surface area contributed by atoms with Crippen molar-refractivity contribution in [3.05, 3.63) is 70.9 Å². The molecule has 1 aliphatic rings. The van der Waals surface area contributed by atoms with Crippen molar-refractivity contribution in [3.63, 3.8) is 0 Å². The molecule has 0 radical (unpaired) electrons.